The maximum atomic E-state index is 12.4. The minimum absolute atomic E-state index is 0.252. The minimum Gasteiger partial charge on any atom is -0.497 e. The molecule has 2 aromatic carbocycles. The zero-order valence-corrected chi connectivity index (χ0v) is 15.0. The van der Waals surface area contributed by atoms with Crippen LogP contribution >= 0.6 is 11.8 Å². The first-order valence-electron chi connectivity index (χ1n) is 7.87. The maximum absolute atomic E-state index is 12.4. The molecular formula is C19H21NO4S. The minimum atomic E-state index is -1.04. The molecule has 5 nitrogen and oxygen atoms in total. The molecule has 0 spiro atoms. The summed E-state index contributed by atoms with van der Waals surface area (Å²) in [4.78, 5) is 24.7. The lowest BCUT2D eigenvalue weighted by molar-refractivity contribution is -0.141. The topological polar surface area (TPSA) is 75.6 Å². The Bertz CT molecular complexity index is 703. The summed E-state index contributed by atoms with van der Waals surface area (Å²) in [5.41, 5.74) is 0.866. The summed E-state index contributed by atoms with van der Waals surface area (Å²) in [5.74, 6) is -0.599. The summed E-state index contributed by atoms with van der Waals surface area (Å²) in [5, 5.41) is 11.6. The van der Waals surface area contributed by atoms with Crippen LogP contribution in [0.2, 0.25) is 0 Å². The molecule has 0 saturated heterocycles. The van der Waals surface area contributed by atoms with Gasteiger partial charge in [-0.25, -0.2) is 4.79 Å². The Balaban J connectivity index is 1.95. The number of carboxylic acid groups (broad SMARTS) is 1. The smallest absolute Gasteiger partial charge is 0.326 e. The molecule has 0 aliphatic rings. The van der Waals surface area contributed by atoms with Gasteiger partial charge in [-0.1, -0.05) is 30.3 Å². The Labute approximate surface area is 151 Å². The van der Waals surface area contributed by atoms with Crippen molar-refractivity contribution in [3.8, 4) is 5.75 Å². The molecule has 6 heteroatoms. The van der Waals surface area contributed by atoms with Crippen molar-refractivity contribution in [2.45, 2.75) is 29.5 Å². The van der Waals surface area contributed by atoms with Gasteiger partial charge in [0, 0.05) is 11.3 Å². The van der Waals surface area contributed by atoms with Crippen LogP contribution in [0.5, 0.6) is 5.75 Å². The van der Waals surface area contributed by atoms with Crippen molar-refractivity contribution in [3.05, 3.63) is 60.2 Å². The second-order valence-electron chi connectivity index (χ2n) is 5.52. The van der Waals surface area contributed by atoms with E-state index in [1.54, 1.807) is 14.0 Å². The number of amides is 1. The van der Waals surface area contributed by atoms with E-state index < -0.39 is 17.3 Å². The molecular weight excluding hydrogens is 338 g/mol. The number of rotatable bonds is 8. The van der Waals surface area contributed by atoms with E-state index in [0.717, 1.165) is 16.2 Å². The zero-order chi connectivity index (χ0) is 18.2. The predicted molar refractivity (Wildman–Crippen MR) is 98.0 cm³/mol. The maximum Gasteiger partial charge on any atom is 0.326 e. The molecule has 0 aliphatic carbocycles. The van der Waals surface area contributed by atoms with Crippen LogP contribution in [-0.2, 0) is 16.0 Å². The summed E-state index contributed by atoms with van der Waals surface area (Å²) < 4.78 is 5.10. The van der Waals surface area contributed by atoms with E-state index in [1.165, 1.54) is 11.8 Å². The van der Waals surface area contributed by atoms with E-state index in [4.69, 9.17) is 4.74 Å². The van der Waals surface area contributed by atoms with Crippen LogP contribution < -0.4 is 10.1 Å². The second kappa shape index (κ2) is 9.13. The summed E-state index contributed by atoms with van der Waals surface area (Å²) >= 11 is 1.37. The van der Waals surface area contributed by atoms with Gasteiger partial charge in [-0.05, 0) is 36.8 Å². The van der Waals surface area contributed by atoms with Gasteiger partial charge in [0.2, 0.25) is 5.91 Å². The molecule has 2 rings (SSSR count). The average molecular weight is 359 g/mol. The van der Waals surface area contributed by atoms with Crippen LogP contribution in [0.25, 0.3) is 0 Å². The lowest BCUT2D eigenvalue weighted by atomic mass is 10.1. The predicted octanol–water partition coefficient (Wildman–Crippen LogP) is 2.99. The fourth-order valence-electron chi connectivity index (χ4n) is 2.25. The van der Waals surface area contributed by atoms with E-state index in [2.05, 4.69) is 5.32 Å². The highest BCUT2D eigenvalue weighted by Crippen LogP contribution is 2.25. The van der Waals surface area contributed by atoms with Crippen LogP contribution in [0, 0.1) is 0 Å². The summed E-state index contributed by atoms with van der Waals surface area (Å²) in [6.45, 7) is 1.76. The van der Waals surface area contributed by atoms with Crippen LogP contribution in [0.15, 0.2) is 59.5 Å². The van der Waals surface area contributed by atoms with Crippen molar-refractivity contribution in [1.82, 2.24) is 5.32 Å². The molecule has 1 amide bonds. The summed E-state index contributed by atoms with van der Waals surface area (Å²) in [6.07, 6.45) is 0.252. The Hall–Kier alpha value is -2.47. The number of carbonyl (C=O) groups is 2. The standard InChI is InChI=1S/C19H21NO4S/c1-13(25-16-10-8-15(24-2)9-11-16)18(21)20-17(19(22)23)12-14-6-4-3-5-7-14/h3-11,13,17H,12H2,1-2H3,(H,20,21)(H,22,23)/t13?,17-/m0/s1. The lowest BCUT2D eigenvalue weighted by Gasteiger charge is -2.18. The Morgan fingerprint density at radius 2 is 1.76 bits per heavy atom. The molecule has 0 aliphatic heterocycles. The Kier molecular flexibility index (Phi) is 6.89. The number of hydrogen-bond donors (Lipinski definition) is 2. The van der Waals surface area contributed by atoms with Gasteiger partial charge in [-0.2, -0.15) is 0 Å². The van der Waals surface area contributed by atoms with Crippen LogP contribution in [0.3, 0.4) is 0 Å². The number of carbonyl (C=O) groups excluding carboxylic acids is 1. The lowest BCUT2D eigenvalue weighted by Crippen LogP contribution is -2.45. The first-order valence-corrected chi connectivity index (χ1v) is 8.75. The molecule has 0 heterocycles. The highest BCUT2D eigenvalue weighted by molar-refractivity contribution is 8.00. The van der Waals surface area contributed by atoms with Gasteiger partial charge in [0.1, 0.15) is 11.8 Å². The van der Waals surface area contributed by atoms with E-state index in [-0.39, 0.29) is 12.3 Å². The zero-order valence-electron chi connectivity index (χ0n) is 14.1. The third-order valence-electron chi connectivity index (χ3n) is 3.64. The largest absolute Gasteiger partial charge is 0.497 e. The van der Waals surface area contributed by atoms with Crippen molar-refractivity contribution in [2.24, 2.45) is 0 Å². The van der Waals surface area contributed by atoms with E-state index >= 15 is 0 Å². The number of thioether (sulfide) groups is 1. The first-order chi connectivity index (χ1) is 12.0. The molecule has 2 N–H and O–H groups in total. The number of nitrogens with one attached hydrogen (secondary N) is 1. The Morgan fingerprint density at radius 1 is 1.12 bits per heavy atom. The molecule has 2 aromatic rings. The number of hydrogen-bond acceptors (Lipinski definition) is 4. The number of methoxy groups -OCH3 is 1. The Morgan fingerprint density at radius 3 is 2.32 bits per heavy atom. The number of benzene rings is 2. The molecule has 0 radical (unpaired) electrons. The number of carboxylic acids is 1. The van der Waals surface area contributed by atoms with Crippen molar-refractivity contribution in [2.75, 3.05) is 7.11 Å². The number of ether oxygens (including phenoxy) is 1. The molecule has 25 heavy (non-hydrogen) atoms. The van der Waals surface area contributed by atoms with Crippen molar-refractivity contribution < 1.29 is 19.4 Å². The third-order valence-corrected chi connectivity index (χ3v) is 4.75. The molecule has 132 valence electrons. The molecule has 0 bridgehead atoms. The van der Waals surface area contributed by atoms with Crippen LogP contribution in [0.1, 0.15) is 12.5 Å². The first kappa shape index (κ1) is 18.9. The SMILES string of the molecule is COc1ccc(SC(C)C(=O)N[C@@H](Cc2ccccc2)C(=O)O)cc1. The van der Waals surface area contributed by atoms with Gasteiger partial charge in [-0.15, -0.1) is 11.8 Å². The van der Waals surface area contributed by atoms with Crippen molar-refractivity contribution in [1.29, 1.82) is 0 Å². The van der Waals surface area contributed by atoms with Crippen LogP contribution in [0.4, 0.5) is 0 Å². The van der Waals surface area contributed by atoms with Gasteiger partial charge < -0.3 is 15.2 Å². The fraction of sp³-hybridized carbons (Fsp3) is 0.263. The summed E-state index contributed by atoms with van der Waals surface area (Å²) in [6, 6.07) is 15.7. The fourth-order valence-corrected chi connectivity index (χ4v) is 3.13. The average Bonchev–Trinajstić information content (AvgIpc) is 2.62. The van der Waals surface area contributed by atoms with Crippen LogP contribution in [-0.4, -0.2) is 35.4 Å². The van der Waals surface area contributed by atoms with Gasteiger partial charge in [0.05, 0.1) is 12.4 Å². The highest BCUT2D eigenvalue weighted by Gasteiger charge is 2.23. The van der Waals surface area contributed by atoms with Gasteiger partial charge >= 0.3 is 5.97 Å². The van der Waals surface area contributed by atoms with Crippen molar-refractivity contribution in [3.63, 3.8) is 0 Å². The second-order valence-corrected chi connectivity index (χ2v) is 6.94. The van der Waals surface area contributed by atoms with Gasteiger partial charge in [0.15, 0.2) is 0 Å². The van der Waals surface area contributed by atoms with E-state index in [9.17, 15) is 14.7 Å². The third kappa shape index (κ3) is 5.83. The molecule has 1 unspecified atom stereocenters. The molecule has 2 atom stereocenters. The van der Waals surface area contributed by atoms with Crippen molar-refractivity contribution >= 4 is 23.6 Å². The summed E-state index contributed by atoms with van der Waals surface area (Å²) in [7, 11) is 1.59. The molecule has 0 saturated carbocycles. The normalized spacial score (nSPS) is 12.9. The molecule has 0 aromatic heterocycles. The monoisotopic (exact) mass is 359 g/mol. The van der Waals surface area contributed by atoms with Gasteiger partial charge in [-0.3, -0.25) is 4.79 Å². The molecule has 0 fully saturated rings. The quantitative estimate of drug-likeness (QED) is 0.709. The van der Waals surface area contributed by atoms with E-state index in [0.29, 0.717) is 0 Å². The number of aliphatic carboxylic acids is 1. The van der Waals surface area contributed by atoms with E-state index in [1.807, 2.05) is 54.6 Å². The van der Waals surface area contributed by atoms with Gasteiger partial charge in [0.25, 0.3) is 0 Å². The highest BCUT2D eigenvalue weighted by atomic mass is 32.2.